The Bertz CT molecular complexity index is 827. The van der Waals surface area contributed by atoms with Gasteiger partial charge in [0.1, 0.15) is 0 Å². The Kier molecular flexibility index (Phi) is 7.29. The molecule has 1 heterocycles. The first kappa shape index (κ1) is 21.3. The van der Waals surface area contributed by atoms with Crippen LogP contribution in [0, 0.1) is 5.92 Å². The minimum Gasteiger partial charge on any atom is -0.413 e. The Balaban J connectivity index is 1.96. The van der Waals surface area contributed by atoms with Crippen molar-refractivity contribution in [3.05, 3.63) is 71.8 Å². The highest BCUT2D eigenvalue weighted by atomic mass is 35.5. The number of hydrogen-bond acceptors (Lipinski definition) is 5. The third kappa shape index (κ3) is 5.17. The summed E-state index contributed by atoms with van der Waals surface area (Å²) in [5.41, 5.74) is 2.51. The lowest BCUT2D eigenvalue weighted by Crippen LogP contribution is -2.43. The normalized spacial score (nSPS) is 24.8. The highest BCUT2D eigenvalue weighted by molar-refractivity contribution is 6.19. The summed E-state index contributed by atoms with van der Waals surface area (Å²) in [4.78, 5) is 19.3. The van der Waals surface area contributed by atoms with E-state index in [1.807, 2.05) is 24.3 Å². The molecule has 4 atom stereocenters. The maximum absolute atomic E-state index is 11.8. The summed E-state index contributed by atoms with van der Waals surface area (Å²) in [6.45, 7) is 3.68. The van der Waals surface area contributed by atoms with E-state index in [2.05, 4.69) is 60.4 Å². The fourth-order valence-electron chi connectivity index (χ4n) is 4.11. The second-order valence-electron chi connectivity index (χ2n) is 7.25. The van der Waals surface area contributed by atoms with Crippen LogP contribution in [0.25, 0.3) is 0 Å². The predicted octanol–water partition coefficient (Wildman–Crippen LogP) is 5.92. The zero-order valence-electron chi connectivity index (χ0n) is 17.0. The monoisotopic (exact) mass is 414 g/mol. The van der Waals surface area contributed by atoms with Crippen LogP contribution in [-0.2, 0) is 9.57 Å². The number of carbonyl (C=O) groups excluding carboxylic acids is 1. The van der Waals surface area contributed by atoms with Crippen LogP contribution in [0.2, 0.25) is 0 Å². The molecule has 1 saturated heterocycles. The van der Waals surface area contributed by atoms with Crippen molar-refractivity contribution in [2.75, 3.05) is 7.05 Å². The molecular formula is C23H27ClN2O3. The number of benzene rings is 2. The summed E-state index contributed by atoms with van der Waals surface area (Å²) in [5, 5.41) is 4.23. The van der Waals surface area contributed by atoms with Crippen molar-refractivity contribution in [1.29, 1.82) is 0 Å². The average Bonchev–Trinajstić information content (AvgIpc) is 2.73. The molecule has 0 aromatic heterocycles. The molecular weight excluding hydrogens is 388 g/mol. The van der Waals surface area contributed by atoms with E-state index in [1.54, 1.807) is 6.92 Å². The Labute approximate surface area is 177 Å². The number of oxime groups is 1. The van der Waals surface area contributed by atoms with Crippen LogP contribution >= 0.6 is 11.6 Å². The van der Waals surface area contributed by atoms with E-state index < -0.39 is 11.7 Å². The van der Waals surface area contributed by atoms with E-state index in [9.17, 15) is 4.79 Å². The molecule has 2 aromatic rings. The third-order valence-corrected chi connectivity index (χ3v) is 5.49. The Hall–Kier alpha value is -2.37. The maximum Gasteiger partial charge on any atom is 0.536 e. The molecule has 4 unspecified atom stereocenters. The Morgan fingerprint density at radius 2 is 1.72 bits per heavy atom. The van der Waals surface area contributed by atoms with Crippen LogP contribution in [0.15, 0.2) is 65.8 Å². The standard InChI is InChI=1S/C23H27ClN2O3/c1-4-19-20(25-29-23(27)28-16(2)24)15-21(17-11-7-5-8-12-17)26(3)22(19)18-13-9-6-10-14-18/h5-14,16,19,21-22H,4,15H2,1-3H3/b25-20+. The number of piperidine rings is 1. The Morgan fingerprint density at radius 1 is 1.14 bits per heavy atom. The second-order valence-corrected chi connectivity index (χ2v) is 7.87. The molecule has 1 aliphatic rings. The van der Waals surface area contributed by atoms with Crippen LogP contribution in [0.3, 0.4) is 0 Å². The summed E-state index contributed by atoms with van der Waals surface area (Å²) in [6.07, 6.45) is 0.655. The average molecular weight is 415 g/mol. The number of hydrogen-bond donors (Lipinski definition) is 0. The van der Waals surface area contributed by atoms with Gasteiger partial charge in [-0.2, -0.15) is 0 Å². The van der Waals surface area contributed by atoms with Gasteiger partial charge in [0.15, 0.2) is 5.56 Å². The van der Waals surface area contributed by atoms with Crippen LogP contribution in [0.4, 0.5) is 4.79 Å². The molecule has 1 aliphatic heterocycles. The van der Waals surface area contributed by atoms with Gasteiger partial charge in [0.2, 0.25) is 0 Å². The van der Waals surface area contributed by atoms with Gasteiger partial charge < -0.3 is 4.74 Å². The number of rotatable bonds is 5. The molecule has 5 nitrogen and oxygen atoms in total. The first-order valence-electron chi connectivity index (χ1n) is 9.91. The van der Waals surface area contributed by atoms with Gasteiger partial charge in [-0.05, 0) is 31.5 Å². The molecule has 0 amide bonds. The minimum absolute atomic E-state index is 0.114. The van der Waals surface area contributed by atoms with Gasteiger partial charge in [-0.25, -0.2) is 4.79 Å². The third-order valence-electron chi connectivity index (χ3n) is 5.40. The van der Waals surface area contributed by atoms with Gasteiger partial charge >= 0.3 is 6.16 Å². The van der Waals surface area contributed by atoms with Gasteiger partial charge in [-0.15, -0.1) is 0 Å². The number of halogens is 1. The van der Waals surface area contributed by atoms with Crippen molar-refractivity contribution in [3.63, 3.8) is 0 Å². The lowest BCUT2D eigenvalue weighted by molar-refractivity contribution is 0.0486. The quantitative estimate of drug-likeness (QED) is 0.263. The van der Waals surface area contributed by atoms with Crippen molar-refractivity contribution in [1.82, 2.24) is 4.90 Å². The van der Waals surface area contributed by atoms with Gasteiger partial charge in [0, 0.05) is 24.4 Å². The van der Waals surface area contributed by atoms with Gasteiger partial charge in [0.25, 0.3) is 0 Å². The maximum atomic E-state index is 11.8. The largest absolute Gasteiger partial charge is 0.536 e. The predicted molar refractivity (Wildman–Crippen MR) is 115 cm³/mol. The summed E-state index contributed by atoms with van der Waals surface area (Å²) in [5.74, 6) is 0.114. The lowest BCUT2D eigenvalue weighted by Gasteiger charge is -2.45. The fraction of sp³-hybridized carbons (Fsp3) is 0.391. The molecule has 0 N–H and O–H groups in total. The van der Waals surface area contributed by atoms with Crippen molar-refractivity contribution in [2.24, 2.45) is 11.1 Å². The molecule has 0 saturated carbocycles. The number of nitrogens with zero attached hydrogens (tertiary/aromatic N) is 2. The van der Waals surface area contributed by atoms with Gasteiger partial charge in [-0.3, -0.25) is 9.74 Å². The highest BCUT2D eigenvalue weighted by Gasteiger charge is 2.40. The molecule has 0 bridgehead atoms. The molecule has 3 rings (SSSR count). The summed E-state index contributed by atoms with van der Waals surface area (Å²) in [6, 6.07) is 21.0. The first-order valence-corrected chi connectivity index (χ1v) is 10.3. The SMILES string of the molecule is CCC1/C(=N/OC(=O)OC(C)Cl)CC(c2ccccc2)N(C)C1c1ccccc1. The van der Waals surface area contributed by atoms with E-state index in [0.29, 0.717) is 6.42 Å². The van der Waals surface area contributed by atoms with Crippen LogP contribution in [0.5, 0.6) is 0 Å². The van der Waals surface area contributed by atoms with Crippen molar-refractivity contribution in [2.45, 2.75) is 44.3 Å². The van der Waals surface area contributed by atoms with E-state index in [-0.39, 0.29) is 18.0 Å². The molecule has 1 fully saturated rings. The molecule has 0 aliphatic carbocycles. The van der Waals surface area contributed by atoms with Crippen LogP contribution < -0.4 is 0 Å². The van der Waals surface area contributed by atoms with Gasteiger partial charge in [-0.1, -0.05) is 84.3 Å². The summed E-state index contributed by atoms with van der Waals surface area (Å²) >= 11 is 5.70. The van der Waals surface area contributed by atoms with Gasteiger partial charge in [0.05, 0.1) is 5.71 Å². The van der Waals surface area contributed by atoms with Crippen molar-refractivity contribution in [3.8, 4) is 0 Å². The van der Waals surface area contributed by atoms with Crippen LogP contribution in [0.1, 0.15) is 49.9 Å². The van der Waals surface area contributed by atoms with E-state index in [1.165, 1.54) is 11.1 Å². The van der Waals surface area contributed by atoms with Crippen molar-refractivity contribution >= 4 is 23.5 Å². The van der Waals surface area contributed by atoms with E-state index in [0.717, 1.165) is 12.1 Å². The number of alkyl halides is 1. The molecule has 29 heavy (non-hydrogen) atoms. The Morgan fingerprint density at radius 3 is 2.28 bits per heavy atom. The fourth-order valence-corrected chi connectivity index (χ4v) is 4.19. The number of likely N-dealkylation sites (tertiary alicyclic amines) is 1. The molecule has 0 spiro atoms. The minimum atomic E-state index is -0.888. The van der Waals surface area contributed by atoms with Crippen LogP contribution in [-0.4, -0.2) is 29.4 Å². The van der Waals surface area contributed by atoms with E-state index >= 15 is 0 Å². The topological polar surface area (TPSA) is 51.1 Å². The lowest BCUT2D eigenvalue weighted by atomic mass is 9.77. The molecule has 2 aromatic carbocycles. The van der Waals surface area contributed by atoms with E-state index in [4.69, 9.17) is 21.2 Å². The van der Waals surface area contributed by atoms with Crippen molar-refractivity contribution < 1.29 is 14.4 Å². The zero-order valence-corrected chi connectivity index (χ0v) is 17.8. The summed E-state index contributed by atoms with van der Waals surface area (Å²) < 4.78 is 4.84. The zero-order chi connectivity index (χ0) is 20.8. The first-order chi connectivity index (χ1) is 14.0. The molecule has 6 heteroatoms. The summed E-state index contributed by atoms with van der Waals surface area (Å²) in [7, 11) is 2.15. The smallest absolute Gasteiger partial charge is 0.413 e. The number of ether oxygens (including phenoxy) is 1. The molecule has 154 valence electrons. The highest BCUT2D eigenvalue weighted by Crippen LogP contribution is 2.43. The number of carbonyl (C=O) groups is 1. The molecule has 0 radical (unpaired) electrons. The second kappa shape index (κ2) is 9.90.